The molecule has 3 heterocycles. The molecule has 2 aromatic carbocycles. The zero-order valence-corrected chi connectivity index (χ0v) is 20.6. The van der Waals surface area contributed by atoms with Crippen LogP contribution in [0.4, 0.5) is 13.2 Å². The first-order valence-electron chi connectivity index (χ1n) is 11.2. The third kappa shape index (κ3) is 4.86. The fourth-order valence-electron chi connectivity index (χ4n) is 4.12. The topological polar surface area (TPSA) is 70.8 Å². The molecule has 1 aliphatic heterocycles. The summed E-state index contributed by atoms with van der Waals surface area (Å²) in [6, 6.07) is 15.7. The van der Waals surface area contributed by atoms with E-state index in [-0.39, 0.29) is 54.1 Å². The Morgan fingerprint density at radius 2 is 1.43 bits per heavy atom. The normalized spacial score (nSPS) is 14.3. The number of benzene rings is 2. The summed E-state index contributed by atoms with van der Waals surface area (Å²) in [7, 11) is 0. The lowest BCUT2D eigenvalue weighted by Crippen LogP contribution is -2.50. The first kappa shape index (κ1) is 25.0. The van der Waals surface area contributed by atoms with E-state index in [2.05, 4.69) is 10.1 Å². The highest BCUT2D eigenvalue weighted by atomic mass is 35.5. The summed E-state index contributed by atoms with van der Waals surface area (Å²) in [4.78, 5) is 33.2. The fourth-order valence-corrected chi connectivity index (χ4v) is 4.49. The van der Waals surface area contributed by atoms with Gasteiger partial charge in [-0.3, -0.25) is 9.59 Å². The Balaban J connectivity index is 1.44. The lowest BCUT2D eigenvalue weighted by Gasteiger charge is -2.34. The van der Waals surface area contributed by atoms with E-state index in [9.17, 15) is 22.8 Å². The number of amides is 2. The lowest BCUT2D eigenvalue weighted by molar-refractivity contribution is -0.142. The van der Waals surface area contributed by atoms with Crippen LogP contribution < -0.4 is 0 Å². The van der Waals surface area contributed by atoms with Gasteiger partial charge in [0.1, 0.15) is 5.02 Å². The molecule has 0 saturated carbocycles. The minimum atomic E-state index is -4.79. The summed E-state index contributed by atoms with van der Waals surface area (Å²) < 4.78 is 42.4. The Morgan fingerprint density at radius 3 is 2.03 bits per heavy atom. The Kier molecular flexibility index (Phi) is 6.55. The summed E-state index contributed by atoms with van der Waals surface area (Å²) in [5.74, 6) is -0.796. The Hall–Kier alpha value is -3.63. The first-order valence-corrected chi connectivity index (χ1v) is 11.9. The molecule has 190 valence electrons. The first-order chi connectivity index (χ1) is 17.6. The molecule has 0 aliphatic carbocycles. The maximum atomic E-state index is 13.9. The van der Waals surface area contributed by atoms with E-state index in [1.807, 2.05) is 6.07 Å². The number of hydrogen-bond donors (Lipinski definition) is 0. The van der Waals surface area contributed by atoms with Crippen molar-refractivity contribution in [2.45, 2.75) is 6.18 Å². The largest absolute Gasteiger partial charge is 0.433 e. The maximum absolute atomic E-state index is 13.9. The van der Waals surface area contributed by atoms with Gasteiger partial charge in [-0.15, -0.1) is 0 Å². The summed E-state index contributed by atoms with van der Waals surface area (Å²) in [6.07, 6.45) is -4.79. The van der Waals surface area contributed by atoms with E-state index in [0.717, 1.165) is 6.07 Å². The van der Waals surface area contributed by atoms with Crippen LogP contribution in [0.3, 0.4) is 0 Å². The second-order valence-electron chi connectivity index (χ2n) is 8.38. The Morgan fingerprint density at radius 1 is 0.838 bits per heavy atom. The predicted molar refractivity (Wildman–Crippen MR) is 132 cm³/mol. The molecule has 1 fully saturated rings. The quantitative estimate of drug-likeness (QED) is 0.348. The van der Waals surface area contributed by atoms with Crippen molar-refractivity contribution in [1.82, 2.24) is 24.4 Å². The number of fused-ring (bicyclic) bond motifs is 1. The van der Waals surface area contributed by atoms with Crippen LogP contribution in [0.25, 0.3) is 16.9 Å². The van der Waals surface area contributed by atoms with Crippen molar-refractivity contribution in [1.29, 1.82) is 0 Å². The van der Waals surface area contributed by atoms with Gasteiger partial charge in [-0.1, -0.05) is 53.5 Å². The van der Waals surface area contributed by atoms with Crippen molar-refractivity contribution >= 4 is 40.7 Å². The van der Waals surface area contributed by atoms with Gasteiger partial charge in [0.05, 0.1) is 5.69 Å². The summed E-state index contributed by atoms with van der Waals surface area (Å²) in [5.41, 5.74) is -0.819. The Labute approximate surface area is 219 Å². The molecule has 0 unspecified atom stereocenters. The number of carbonyl (C=O) groups is 2. The SMILES string of the molecule is O=C(c1ccccc1)N1CCN(C(=O)c2nn3c(C(F)(F)F)cc(-c4ccc(Cl)cc4)nc3c2Cl)CC1. The van der Waals surface area contributed by atoms with Crippen molar-refractivity contribution < 1.29 is 22.8 Å². The summed E-state index contributed by atoms with van der Waals surface area (Å²) in [5, 5.41) is 4.05. The molecule has 4 aromatic rings. The molecule has 2 amide bonds. The number of alkyl halides is 3. The van der Waals surface area contributed by atoms with Gasteiger partial charge >= 0.3 is 6.18 Å². The van der Waals surface area contributed by atoms with Crippen LogP contribution in [-0.4, -0.2) is 62.4 Å². The minimum absolute atomic E-state index is 0.00493. The van der Waals surface area contributed by atoms with Gasteiger partial charge in [0.25, 0.3) is 11.8 Å². The van der Waals surface area contributed by atoms with E-state index in [4.69, 9.17) is 23.2 Å². The van der Waals surface area contributed by atoms with Crippen molar-refractivity contribution in [3.8, 4) is 11.3 Å². The smallest absolute Gasteiger partial charge is 0.335 e. The van der Waals surface area contributed by atoms with Crippen LogP contribution >= 0.6 is 23.2 Å². The van der Waals surface area contributed by atoms with Gasteiger partial charge in [-0.05, 0) is 30.3 Å². The third-order valence-corrected chi connectivity index (χ3v) is 6.64. The highest BCUT2D eigenvalue weighted by Crippen LogP contribution is 2.35. The van der Waals surface area contributed by atoms with Crippen LogP contribution in [-0.2, 0) is 6.18 Å². The molecule has 0 bridgehead atoms. The van der Waals surface area contributed by atoms with Crippen LogP contribution in [0.15, 0.2) is 60.7 Å². The van der Waals surface area contributed by atoms with Crippen LogP contribution in [0, 0.1) is 0 Å². The standard InChI is InChI=1S/C25H18Cl2F3N5O2/c26-17-8-6-15(7-9-17)18-14-19(25(28,29)30)35-22(31-18)20(27)21(32-35)24(37)34-12-10-33(11-13-34)23(36)16-4-2-1-3-5-16/h1-9,14H,10-13H2. The second kappa shape index (κ2) is 9.68. The highest BCUT2D eigenvalue weighted by Gasteiger charge is 2.37. The lowest BCUT2D eigenvalue weighted by atomic mass is 10.1. The average Bonchev–Trinajstić information content (AvgIpc) is 3.24. The third-order valence-electron chi connectivity index (χ3n) is 6.04. The molecule has 5 rings (SSSR count). The number of aromatic nitrogens is 3. The average molecular weight is 548 g/mol. The van der Waals surface area contributed by atoms with Gasteiger partial charge in [0.15, 0.2) is 17.0 Å². The van der Waals surface area contributed by atoms with Gasteiger partial charge in [-0.2, -0.15) is 18.3 Å². The predicted octanol–water partition coefficient (Wildman–Crippen LogP) is 5.32. The molecule has 1 aliphatic rings. The number of hydrogen-bond acceptors (Lipinski definition) is 4. The van der Waals surface area contributed by atoms with E-state index in [0.29, 0.717) is 20.7 Å². The Bertz CT molecular complexity index is 1480. The van der Waals surface area contributed by atoms with Crippen LogP contribution in [0.5, 0.6) is 0 Å². The van der Waals surface area contributed by atoms with Gasteiger partial charge < -0.3 is 9.80 Å². The molecular formula is C25H18Cl2F3N5O2. The van der Waals surface area contributed by atoms with E-state index in [1.54, 1.807) is 29.2 Å². The molecule has 0 N–H and O–H groups in total. The van der Waals surface area contributed by atoms with Gasteiger partial charge in [-0.25, -0.2) is 9.50 Å². The molecule has 12 heteroatoms. The van der Waals surface area contributed by atoms with Crippen LogP contribution in [0.1, 0.15) is 26.5 Å². The van der Waals surface area contributed by atoms with Crippen molar-refractivity contribution in [3.63, 3.8) is 0 Å². The molecule has 0 radical (unpaired) electrons. The molecular weight excluding hydrogens is 530 g/mol. The summed E-state index contributed by atoms with van der Waals surface area (Å²) in [6.45, 7) is 0.878. The molecule has 0 atom stereocenters. The number of halogens is 5. The fraction of sp³-hybridized carbons (Fsp3) is 0.200. The van der Waals surface area contributed by atoms with E-state index in [1.165, 1.54) is 29.2 Å². The summed E-state index contributed by atoms with van der Waals surface area (Å²) >= 11 is 12.3. The molecule has 0 spiro atoms. The zero-order chi connectivity index (χ0) is 26.3. The second-order valence-corrected chi connectivity index (χ2v) is 9.19. The number of carbonyl (C=O) groups excluding carboxylic acids is 2. The van der Waals surface area contributed by atoms with Crippen LogP contribution in [0.2, 0.25) is 10.0 Å². The minimum Gasteiger partial charge on any atom is -0.335 e. The van der Waals surface area contributed by atoms with E-state index < -0.39 is 17.8 Å². The zero-order valence-electron chi connectivity index (χ0n) is 19.0. The monoisotopic (exact) mass is 547 g/mol. The molecule has 37 heavy (non-hydrogen) atoms. The van der Waals surface area contributed by atoms with Crippen molar-refractivity contribution in [3.05, 3.63) is 87.7 Å². The van der Waals surface area contributed by atoms with E-state index >= 15 is 0 Å². The van der Waals surface area contributed by atoms with Gasteiger partial charge in [0.2, 0.25) is 0 Å². The maximum Gasteiger partial charge on any atom is 0.433 e. The molecule has 2 aromatic heterocycles. The molecule has 1 saturated heterocycles. The number of piperazine rings is 1. The van der Waals surface area contributed by atoms with Crippen molar-refractivity contribution in [2.24, 2.45) is 0 Å². The molecule has 7 nitrogen and oxygen atoms in total. The number of rotatable bonds is 3. The van der Waals surface area contributed by atoms with Crippen molar-refractivity contribution in [2.75, 3.05) is 26.2 Å². The number of nitrogens with zero attached hydrogens (tertiary/aromatic N) is 5. The van der Waals surface area contributed by atoms with Gasteiger partial charge in [0, 0.05) is 42.3 Å². The highest BCUT2D eigenvalue weighted by molar-refractivity contribution is 6.36.